The molecule has 0 heterocycles. The Kier molecular flexibility index (Phi) is 6.02. The van der Waals surface area contributed by atoms with Gasteiger partial charge in [0.05, 0.1) is 6.54 Å². The number of hydrazine groups is 1. The molecule has 2 aromatic rings. The number of anilines is 1. The summed E-state index contributed by atoms with van der Waals surface area (Å²) in [5.74, 6) is 5.14. The second-order valence-corrected chi connectivity index (χ2v) is 6.77. The van der Waals surface area contributed by atoms with Gasteiger partial charge in [0.25, 0.3) is 5.91 Å². The van der Waals surface area contributed by atoms with Crippen LogP contribution >= 0.6 is 0 Å². The first kappa shape index (κ1) is 18.1. The molecule has 0 aromatic heterocycles. The number of nitrogens with two attached hydrogens (primary N) is 1. The van der Waals surface area contributed by atoms with Gasteiger partial charge in [-0.2, -0.15) is 0 Å². The average Bonchev–Trinajstić information content (AvgIpc) is 2.72. The number of nitrogen functional groups attached to an aromatic ring is 1. The number of amides is 2. The zero-order valence-electron chi connectivity index (χ0n) is 14.9. The molecule has 3 N–H and O–H groups in total. The van der Waals surface area contributed by atoms with E-state index in [4.69, 9.17) is 5.84 Å². The van der Waals surface area contributed by atoms with E-state index < -0.39 is 0 Å². The Morgan fingerprint density at radius 2 is 1.62 bits per heavy atom. The smallest absolute Gasteiger partial charge is 0.265 e. The summed E-state index contributed by atoms with van der Waals surface area (Å²) < 4.78 is 0. The van der Waals surface area contributed by atoms with Crippen LogP contribution in [0, 0.1) is 5.92 Å². The molecule has 0 spiro atoms. The van der Waals surface area contributed by atoms with Crippen LogP contribution in [0.3, 0.4) is 0 Å². The van der Waals surface area contributed by atoms with Gasteiger partial charge >= 0.3 is 0 Å². The van der Waals surface area contributed by atoms with Crippen LogP contribution in [0.25, 0.3) is 0 Å². The maximum Gasteiger partial charge on any atom is 0.265 e. The van der Waals surface area contributed by atoms with E-state index in [1.165, 1.54) is 6.42 Å². The molecule has 26 heavy (non-hydrogen) atoms. The maximum absolute atomic E-state index is 13.2. The van der Waals surface area contributed by atoms with E-state index in [0.717, 1.165) is 36.9 Å². The second kappa shape index (κ2) is 8.63. The van der Waals surface area contributed by atoms with E-state index in [0.29, 0.717) is 12.1 Å². The average molecular weight is 351 g/mol. The second-order valence-electron chi connectivity index (χ2n) is 6.77. The zero-order valence-corrected chi connectivity index (χ0v) is 14.9. The summed E-state index contributed by atoms with van der Waals surface area (Å²) in [6.07, 6.45) is 5.42. The third kappa shape index (κ3) is 4.29. The Morgan fingerprint density at radius 1 is 0.962 bits per heavy atom. The number of para-hydroxylation sites is 1. The van der Waals surface area contributed by atoms with E-state index in [1.807, 2.05) is 47.4 Å². The molecule has 1 aliphatic carbocycles. The van der Waals surface area contributed by atoms with E-state index in [1.54, 1.807) is 12.1 Å². The molecule has 0 saturated heterocycles. The predicted octanol–water partition coefficient (Wildman–Crippen LogP) is 3.40. The Balaban J connectivity index is 1.81. The molecule has 1 fully saturated rings. The van der Waals surface area contributed by atoms with Gasteiger partial charge in [-0.3, -0.25) is 15.0 Å². The van der Waals surface area contributed by atoms with Gasteiger partial charge < -0.3 is 4.90 Å². The van der Waals surface area contributed by atoms with Crippen molar-refractivity contribution in [1.82, 2.24) is 5.43 Å². The Bertz CT molecular complexity index is 738. The molecule has 0 radical (unpaired) electrons. The molecule has 0 bridgehead atoms. The molecule has 0 atom stereocenters. The van der Waals surface area contributed by atoms with Gasteiger partial charge in [-0.15, -0.1) is 0 Å². The van der Waals surface area contributed by atoms with E-state index in [9.17, 15) is 9.59 Å². The van der Waals surface area contributed by atoms with Crippen molar-refractivity contribution in [2.45, 2.75) is 38.6 Å². The standard InChI is InChI=1S/C21H25N3O2/c22-23-20(25)17-13-11-16(12-14-17)15-24(19-9-5-2-6-10-19)21(26)18-7-3-1-4-8-18/h2,5-6,9-14,18H,1,3-4,7-8,15,22H2,(H,23,25). The molecule has 1 aliphatic rings. The number of carbonyl (C=O) groups is 2. The van der Waals surface area contributed by atoms with E-state index in [-0.39, 0.29) is 17.7 Å². The van der Waals surface area contributed by atoms with Crippen LogP contribution in [0.15, 0.2) is 54.6 Å². The fourth-order valence-electron chi connectivity index (χ4n) is 3.50. The van der Waals surface area contributed by atoms with Crippen LogP contribution in [0.4, 0.5) is 5.69 Å². The van der Waals surface area contributed by atoms with Gasteiger partial charge in [0.15, 0.2) is 0 Å². The molecule has 3 rings (SSSR count). The van der Waals surface area contributed by atoms with E-state index >= 15 is 0 Å². The van der Waals surface area contributed by atoms with Crippen molar-refractivity contribution >= 4 is 17.5 Å². The predicted molar refractivity (Wildman–Crippen MR) is 102 cm³/mol. The Hall–Kier alpha value is -2.66. The third-order valence-corrected chi connectivity index (χ3v) is 4.98. The number of carbonyl (C=O) groups excluding carboxylic acids is 2. The van der Waals surface area contributed by atoms with Crippen LogP contribution < -0.4 is 16.2 Å². The SMILES string of the molecule is NNC(=O)c1ccc(CN(C(=O)C2CCCCC2)c2ccccc2)cc1. The van der Waals surface area contributed by atoms with E-state index in [2.05, 4.69) is 5.43 Å². The monoisotopic (exact) mass is 351 g/mol. The van der Waals surface area contributed by atoms with Crippen LogP contribution in [0.2, 0.25) is 0 Å². The zero-order chi connectivity index (χ0) is 18.4. The largest absolute Gasteiger partial charge is 0.308 e. The summed E-state index contributed by atoms with van der Waals surface area (Å²) in [5.41, 5.74) is 4.51. The minimum atomic E-state index is -0.324. The third-order valence-electron chi connectivity index (χ3n) is 4.98. The van der Waals surface area contributed by atoms with Crippen LogP contribution in [0.1, 0.15) is 48.0 Å². The van der Waals surface area contributed by atoms with Gasteiger partial charge in [-0.1, -0.05) is 49.6 Å². The van der Waals surface area contributed by atoms with Gasteiger partial charge in [0.2, 0.25) is 5.91 Å². The molecular weight excluding hydrogens is 326 g/mol. The van der Waals surface area contributed by atoms with Gasteiger partial charge in [-0.05, 0) is 42.7 Å². The van der Waals surface area contributed by atoms with Crippen molar-refractivity contribution < 1.29 is 9.59 Å². The normalized spacial score (nSPS) is 14.7. The summed E-state index contributed by atoms with van der Waals surface area (Å²) in [6.45, 7) is 0.490. The summed E-state index contributed by atoms with van der Waals surface area (Å²) in [6, 6.07) is 17.0. The lowest BCUT2D eigenvalue weighted by Crippen LogP contribution is -2.36. The number of benzene rings is 2. The minimum absolute atomic E-state index is 0.103. The summed E-state index contributed by atoms with van der Waals surface area (Å²) in [7, 11) is 0. The lowest BCUT2D eigenvalue weighted by atomic mass is 9.88. The molecule has 2 aromatic carbocycles. The number of rotatable bonds is 5. The molecule has 5 heteroatoms. The Labute approximate surface area is 154 Å². The number of nitrogens with one attached hydrogen (secondary N) is 1. The van der Waals surface area contributed by atoms with Crippen LogP contribution in [-0.4, -0.2) is 11.8 Å². The van der Waals surface area contributed by atoms with Crippen molar-refractivity contribution in [2.75, 3.05) is 4.90 Å². The molecule has 0 aliphatic heterocycles. The number of hydrogen-bond donors (Lipinski definition) is 2. The van der Waals surface area contributed by atoms with Crippen molar-refractivity contribution in [3.8, 4) is 0 Å². The van der Waals surface area contributed by atoms with Crippen LogP contribution in [0.5, 0.6) is 0 Å². The van der Waals surface area contributed by atoms with Crippen molar-refractivity contribution in [3.05, 3.63) is 65.7 Å². The van der Waals surface area contributed by atoms with Crippen LogP contribution in [-0.2, 0) is 11.3 Å². The molecule has 1 saturated carbocycles. The lowest BCUT2D eigenvalue weighted by molar-refractivity contribution is -0.123. The summed E-state index contributed by atoms with van der Waals surface area (Å²) >= 11 is 0. The first-order valence-corrected chi connectivity index (χ1v) is 9.15. The highest BCUT2D eigenvalue weighted by Crippen LogP contribution is 2.28. The maximum atomic E-state index is 13.2. The van der Waals surface area contributed by atoms with Crippen molar-refractivity contribution in [3.63, 3.8) is 0 Å². The fraction of sp³-hybridized carbons (Fsp3) is 0.333. The summed E-state index contributed by atoms with van der Waals surface area (Å²) in [5, 5.41) is 0. The molecule has 136 valence electrons. The number of nitrogens with zero attached hydrogens (tertiary/aromatic N) is 1. The lowest BCUT2D eigenvalue weighted by Gasteiger charge is -2.29. The number of hydrogen-bond acceptors (Lipinski definition) is 3. The van der Waals surface area contributed by atoms with Crippen molar-refractivity contribution in [2.24, 2.45) is 11.8 Å². The molecule has 0 unspecified atom stereocenters. The molecule has 2 amide bonds. The first-order valence-electron chi connectivity index (χ1n) is 9.15. The highest BCUT2D eigenvalue weighted by molar-refractivity contribution is 5.95. The minimum Gasteiger partial charge on any atom is -0.308 e. The van der Waals surface area contributed by atoms with Gasteiger partial charge in [-0.25, -0.2) is 5.84 Å². The first-order chi connectivity index (χ1) is 12.7. The molecular formula is C21H25N3O2. The quantitative estimate of drug-likeness (QED) is 0.492. The summed E-state index contributed by atoms with van der Waals surface area (Å²) in [4.78, 5) is 26.6. The Morgan fingerprint density at radius 3 is 2.23 bits per heavy atom. The van der Waals surface area contributed by atoms with Gasteiger partial charge in [0, 0.05) is 17.2 Å². The topological polar surface area (TPSA) is 75.4 Å². The fourth-order valence-corrected chi connectivity index (χ4v) is 3.50. The molecule has 5 nitrogen and oxygen atoms in total. The van der Waals surface area contributed by atoms with Crippen molar-refractivity contribution in [1.29, 1.82) is 0 Å². The van der Waals surface area contributed by atoms with Gasteiger partial charge in [0.1, 0.15) is 0 Å². The highest BCUT2D eigenvalue weighted by atomic mass is 16.2. The highest BCUT2D eigenvalue weighted by Gasteiger charge is 2.27.